The van der Waals surface area contributed by atoms with E-state index in [9.17, 15) is 5.11 Å². The number of rotatable bonds is 3. The molecule has 0 aliphatic carbocycles. The van der Waals surface area contributed by atoms with E-state index in [1.807, 2.05) is 17.8 Å². The Morgan fingerprint density at radius 1 is 1.60 bits per heavy atom. The summed E-state index contributed by atoms with van der Waals surface area (Å²) < 4.78 is 0. The fourth-order valence-electron chi connectivity index (χ4n) is 1.77. The molecule has 1 aromatic rings. The highest BCUT2D eigenvalue weighted by Crippen LogP contribution is 2.22. The molecule has 2 heterocycles. The summed E-state index contributed by atoms with van der Waals surface area (Å²) in [6.45, 7) is 0.0741. The number of nitrogens with zero attached hydrogens (tertiary/aromatic N) is 1. The fourth-order valence-corrected chi connectivity index (χ4v) is 2.84. The predicted molar refractivity (Wildman–Crippen MR) is 64.1 cm³/mol. The number of hydrogen-bond donors (Lipinski definition) is 2. The number of thioether (sulfide) groups is 1. The summed E-state index contributed by atoms with van der Waals surface area (Å²) in [6, 6.07) is 2.39. The van der Waals surface area contributed by atoms with Crippen molar-refractivity contribution in [3.8, 4) is 0 Å². The third-order valence-electron chi connectivity index (χ3n) is 2.60. The van der Waals surface area contributed by atoms with Gasteiger partial charge in [-0.05, 0) is 24.7 Å². The zero-order valence-corrected chi connectivity index (χ0v) is 9.46. The number of nitrogens with one attached hydrogen (secondary N) is 1. The summed E-state index contributed by atoms with van der Waals surface area (Å²) in [5, 5.41) is 12.6. The molecule has 0 saturated carbocycles. The van der Waals surface area contributed by atoms with Crippen LogP contribution in [0.3, 0.4) is 0 Å². The molecule has 0 radical (unpaired) electrons. The van der Waals surface area contributed by atoms with Gasteiger partial charge in [0.25, 0.3) is 0 Å². The lowest BCUT2D eigenvalue weighted by molar-refractivity contribution is 0.282. The Morgan fingerprint density at radius 3 is 3.27 bits per heavy atom. The zero-order valence-electron chi connectivity index (χ0n) is 8.65. The maximum absolute atomic E-state index is 9.17. The van der Waals surface area contributed by atoms with Crippen LogP contribution in [0.25, 0.3) is 0 Å². The molecule has 0 amide bonds. The minimum atomic E-state index is 0.0741. The third kappa shape index (κ3) is 2.86. The van der Waals surface area contributed by atoms with E-state index in [2.05, 4.69) is 10.3 Å². The lowest BCUT2D eigenvalue weighted by Gasteiger charge is -2.24. The van der Waals surface area contributed by atoms with Gasteiger partial charge in [0.15, 0.2) is 0 Å². The molecule has 82 valence electrons. The van der Waals surface area contributed by atoms with Gasteiger partial charge in [-0.1, -0.05) is 0 Å². The van der Waals surface area contributed by atoms with Gasteiger partial charge in [-0.25, -0.2) is 0 Å². The molecule has 2 rings (SSSR count). The first-order chi connectivity index (χ1) is 7.40. The molecule has 0 bridgehead atoms. The van der Waals surface area contributed by atoms with Crippen molar-refractivity contribution in [3.63, 3.8) is 0 Å². The minimum absolute atomic E-state index is 0.0741. The van der Waals surface area contributed by atoms with Crippen molar-refractivity contribution in [2.24, 2.45) is 0 Å². The first-order valence-electron chi connectivity index (χ1n) is 5.28. The maximum Gasteiger partial charge on any atom is 0.0703 e. The van der Waals surface area contributed by atoms with Crippen LogP contribution in [0.15, 0.2) is 18.5 Å². The first-order valence-corrected chi connectivity index (χ1v) is 6.43. The van der Waals surface area contributed by atoms with E-state index in [1.165, 1.54) is 18.6 Å². The Labute approximate surface area is 94.3 Å². The van der Waals surface area contributed by atoms with Crippen LogP contribution in [0.1, 0.15) is 18.4 Å². The summed E-state index contributed by atoms with van der Waals surface area (Å²) in [5.74, 6) is 2.43. The molecule has 2 N–H and O–H groups in total. The number of aliphatic hydroxyl groups excluding tert-OH is 1. The second-order valence-electron chi connectivity index (χ2n) is 3.75. The highest BCUT2D eigenvalue weighted by molar-refractivity contribution is 7.99. The fraction of sp³-hybridized carbons (Fsp3) is 0.545. The normalized spacial score (nSPS) is 21.3. The second-order valence-corrected chi connectivity index (χ2v) is 4.90. The van der Waals surface area contributed by atoms with E-state index in [0.29, 0.717) is 6.04 Å². The Morgan fingerprint density at radius 2 is 2.53 bits per heavy atom. The molecule has 1 fully saturated rings. The van der Waals surface area contributed by atoms with Gasteiger partial charge in [0.05, 0.1) is 18.5 Å². The van der Waals surface area contributed by atoms with Crippen LogP contribution in [-0.2, 0) is 6.61 Å². The van der Waals surface area contributed by atoms with Gasteiger partial charge >= 0.3 is 0 Å². The van der Waals surface area contributed by atoms with E-state index < -0.39 is 0 Å². The van der Waals surface area contributed by atoms with Gasteiger partial charge in [-0.3, -0.25) is 4.98 Å². The summed E-state index contributed by atoms with van der Waals surface area (Å²) in [4.78, 5) is 4.08. The smallest absolute Gasteiger partial charge is 0.0703 e. The predicted octanol–water partition coefficient (Wildman–Crippen LogP) is 1.88. The Bertz CT molecular complexity index is 313. The summed E-state index contributed by atoms with van der Waals surface area (Å²) in [6.07, 6.45) is 6.00. The van der Waals surface area contributed by atoms with E-state index in [0.717, 1.165) is 17.0 Å². The van der Waals surface area contributed by atoms with Gasteiger partial charge in [-0.15, -0.1) is 0 Å². The molecular weight excluding hydrogens is 208 g/mol. The van der Waals surface area contributed by atoms with Gasteiger partial charge < -0.3 is 10.4 Å². The average Bonchev–Trinajstić information content (AvgIpc) is 2.31. The van der Waals surface area contributed by atoms with Crippen LogP contribution in [0.5, 0.6) is 0 Å². The molecule has 0 aromatic carbocycles. The number of aromatic nitrogens is 1. The molecule has 1 aliphatic heterocycles. The topological polar surface area (TPSA) is 45.2 Å². The van der Waals surface area contributed by atoms with E-state index in [4.69, 9.17) is 0 Å². The van der Waals surface area contributed by atoms with Crippen molar-refractivity contribution in [1.82, 2.24) is 4.98 Å². The van der Waals surface area contributed by atoms with E-state index in [-0.39, 0.29) is 6.61 Å². The quantitative estimate of drug-likeness (QED) is 0.823. The molecule has 15 heavy (non-hydrogen) atoms. The molecule has 1 atom stereocenters. The van der Waals surface area contributed by atoms with E-state index >= 15 is 0 Å². The van der Waals surface area contributed by atoms with Gasteiger partial charge in [-0.2, -0.15) is 11.8 Å². The number of pyridine rings is 1. The van der Waals surface area contributed by atoms with Crippen LogP contribution in [0, 0.1) is 0 Å². The minimum Gasteiger partial charge on any atom is -0.392 e. The third-order valence-corrected chi connectivity index (χ3v) is 3.82. The van der Waals surface area contributed by atoms with Crippen LogP contribution in [0.4, 0.5) is 5.69 Å². The molecule has 1 aromatic heterocycles. The van der Waals surface area contributed by atoms with Gasteiger partial charge in [0, 0.05) is 23.6 Å². The van der Waals surface area contributed by atoms with Crippen molar-refractivity contribution < 1.29 is 5.11 Å². The van der Waals surface area contributed by atoms with Crippen molar-refractivity contribution in [2.75, 3.05) is 16.8 Å². The Balaban J connectivity index is 2.02. The number of aliphatic hydroxyl groups is 1. The van der Waals surface area contributed by atoms with Crippen molar-refractivity contribution in [3.05, 3.63) is 24.0 Å². The standard InChI is InChI=1S/C11H16N2OS/c14-7-9-3-4-12-6-11(9)13-10-2-1-5-15-8-10/h3-4,6,10,13-14H,1-2,5,7-8H2. The van der Waals surface area contributed by atoms with Gasteiger partial charge in [0.2, 0.25) is 0 Å². The van der Waals surface area contributed by atoms with Crippen LogP contribution in [0.2, 0.25) is 0 Å². The van der Waals surface area contributed by atoms with Crippen LogP contribution >= 0.6 is 11.8 Å². The molecule has 1 aliphatic rings. The highest BCUT2D eigenvalue weighted by Gasteiger charge is 2.14. The Kier molecular flexibility index (Phi) is 3.86. The van der Waals surface area contributed by atoms with Gasteiger partial charge in [0.1, 0.15) is 0 Å². The van der Waals surface area contributed by atoms with Crippen LogP contribution < -0.4 is 5.32 Å². The monoisotopic (exact) mass is 224 g/mol. The SMILES string of the molecule is OCc1ccncc1NC1CCCSC1. The van der Waals surface area contributed by atoms with Crippen molar-refractivity contribution in [1.29, 1.82) is 0 Å². The van der Waals surface area contributed by atoms with Crippen molar-refractivity contribution >= 4 is 17.4 Å². The van der Waals surface area contributed by atoms with E-state index in [1.54, 1.807) is 12.4 Å². The molecule has 1 saturated heterocycles. The lowest BCUT2D eigenvalue weighted by atomic mass is 10.1. The zero-order chi connectivity index (χ0) is 10.5. The number of anilines is 1. The molecule has 1 unspecified atom stereocenters. The van der Waals surface area contributed by atoms with Crippen LogP contribution in [-0.4, -0.2) is 27.6 Å². The first kappa shape index (κ1) is 10.8. The average molecular weight is 224 g/mol. The maximum atomic E-state index is 9.17. The molecule has 4 heteroatoms. The molecular formula is C11H16N2OS. The summed E-state index contributed by atoms with van der Waals surface area (Å²) in [5.41, 5.74) is 1.91. The number of hydrogen-bond acceptors (Lipinski definition) is 4. The Hall–Kier alpha value is -0.740. The lowest BCUT2D eigenvalue weighted by Crippen LogP contribution is -2.26. The van der Waals surface area contributed by atoms with Crippen molar-refractivity contribution in [2.45, 2.75) is 25.5 Å². The second kappa shape index (κ2) is 5.37. The molecule has 0 spiro atoms. The largest absolute Gasteiger partial charge is 0.392 e. The highest BCUT2D eigenvalue weighted by atomic mass is 32.2. The summed E-state index contributed by atoms with van der Waals surface area (Å²) >= 11 is 1.99. The molecule has 3 nitrogen and oxygen atoms in total. The summed E-state index contributed by atoms with van der Waals surface area (Å²) in [7, 11) is 0.